The van der Waals surface area contributed by atoms with Gasteiger partial charge in [0.25, 0.3) is 0 Å². The predicted molar refractivity (Wildman–Crippen MR) is 85.4 cm³/mol. The Bertz CT molecular complexity index is 575. The van der Waals surface area contributed by atoms with E-state index < -0.39 is 0 Å². The standard InChI is InChI=1S/C16H22N2O2S/c1-20-11-6-7-18(8-11)16-12(9-2-3-9)13(17)15(21-16)14(19)10-4-5-10/h9-11H,2-8,17H2,1H3. The highest BCUT2D eigenvalue weighted by atomic mass is 32.1. The first kappa shape index (κ1) is 13.6. The smallest absolute Gasteiger partial charge is 0.178 e. The van der Waals surface area contributed by atoms with Crippen LogP contribution in [0, 0.1) is 5.92 Å². The first-order valence-corrected chi connectivity index (χ1v) is 8.74. The number of hydrogen-bond acceptors (Lipinski definition) is 5. The molecule has 1 aromatic heterocycles. The molecule has 1 aliphatic heterocycles. The van der Waals surface area contributed by atoms with Gasteiger partial charge in [-0.25, -0.2) is 0 Å². The third-order valence-corrected chi connectivity index (χ3v) is 6.18. The number of rotatable bonds is 5. The van der Waals surface area contributed by atoms with Crippen LogP contribution in [0.3, 0.4) is 0 Å². The third-order valence-electron chi connectivity index (χ3n) is 4.89. The van der Waals surface area contributed by atoms with Gasteiger partial charge in [-0.1, -0.05) is 0 Å². The Morgan fingerprint density at radius 2 is 2.05 bits per heavy atom. The van der Waals surface area contributed by atoms with Crippen LogP contribution in [0.15, 0.2) is 0 Å². The average Bonchev–Trinajstić information content (AvgIpc) is 3.41. The van der Waals surface area contributed by atoms with Gasteiger partial charge in [0, 0.05) is 31.7 Å². The molecule has 2 heterocycles. The predicted octanol–water partition coefficient (Wildman–Crippen LogP) is 3.03. The van der Waals surface area contributed by atoms with Crippen molar-refractivity contribution in [3.8, 4) is 0 Å². The molecule has 114 valence electrons. The van der Waals surface area contributed by atoms with E-state index in [-0.39, 0.29) is 11.7 Å². The van der Waals surface area contributed by atoms with Crippen molar-refractivity contribution < 1.29 is 9.53 Å². The molecule has 1 aromatic rings. The molecule has 1 saturated heterocycles. The summed E-state index contributed by atoms with van der Waals surface area (Å²) in [6.45, 7) is 1.93. The zero-order chi connectivity index (χ0) is 14.6. The normalized spacial score (nSPS) is 25.6. The second-order valence-corrected chi connectivity index (χ2v) is 7.57. The maximum absolute atomic E-state index is 12.5. The molecule has 2 saturated carbocycles. The van der Waals surface area contributed by atoms with Crippen LogP contribution < -0.4 is 10.6 Å². The third kappa shape index (κ3) is 2.36. The van der Waals surface area contributed by atoms with Gasteiger partial charge in [0.05, 0.1) is 21.7 Å². The van der Waals surface area contributed by atoms with Gasteiger partial charge in [-0.15, -0.1) is 11.3 Å². The summed E-state index contributed by atoms with van der Waals surface area (Å²) in [4.78, 5) is 15.7. The Hall–Kier alpha value is -1.07. The minimum Gasteiger partial charge on any atom is -0.397 e. The molecular formula is C16H22N2O2S. The van der Waals surface area contributed by atoms with Crippen molar-refractivity contribution in [3.05, 3.63) is 10.4 Å². The molecule has 5 heteroatoms. The van der Waals surface area contributed by atoms with E-state index in [0.717, 1.165) is 42.9 Å². The van der Waals surface area contributed by atoms with Crippen molar-refractivity contribution in [1.82, 2.24) is 0 Å². The highest BCUT2D eigenvalue weighted by Gasteiger charge is 2.39. The van der Waals surface area contributed by atoms with E-state index >= 15 is 0 Å². The minimum atomic E-state index is 0.246. The quantitative estimate of drug-likeness (QED) is 0.850. The molecule has 0 aromatic carbocycles. The van der Waals surface area contributed by atoms with Crippen LogP contribution in [-0.4, -0.2) is 32.1 Å². The number of anilines is 2. The molecule has 1 unspecified atom stereocenters. The highest BCUT2D eigenvalue weighted by Crippen LogP contribution is 2.53. The molecule has 4 nitrogen and oxygen atoms in total. The largest absolute Gasteiger partial charge is 0.397 e. The van der Waals surface area contributed by atoms with Gasteiger partial charge in [0.2, 0.25) is 0 Å². The summed E-state index contributed by atoms with van der Waals surface area (Å²) in [5.74, 6) is 1.11. The van der Waals surface area contributed by atoms with Crippen LogP contribution in [0.1, 0.15) is 53.3 Å². The first-order chi connectivity index (χ1) is 10.2. The number of methoxy groups -OCH3 is 1. The fourth-order valence-corrected chi connectivity index (χ4v) is 4.63. The molecule has 4 rings (SSSR count). The van der Waals surface area contributed by atoms with Crippen LogP contribution in [-0.2, 0) is 4.74 Å². The van der Waals surface area contributed by atoms with Gasteiger partial charge < -0.3 is 15.4 Å². The van der Waals surface area contributed by atoms with Gasteiger partial charge in [0.1, 0.15) is 0 Å². The zero-order valence-corrected chi connectivity index (χ0v) is 13.2. The molecule has 0 amide bonds. The number of nitrogen functional groups attached to an aromatic ring is 1. The van der Waals surface area contributed by atoms with Crippen molar-refractivity contribution in [2.24, 2.45) is 5.92 Å². The van der Waals surface area contributed by atoms with Gasteiger partial charge >= 0.3 is 0 Å². The number of hydrogen-bond donors (Lipinski definition) is 1. The summed E-state index contributed by atoms with van der Waals surface area (Å²) in [5.41, 5.74) is 8.43. The Labute approximate surface area is 129 Å². The Kier molecular flexibility index (Phi) is 3.23. The fourth-order valence-electron chi connectivity index (χ4n) is 3.26. The number of ketones is 1. The van der Waals surface area contributed by atoms with Gasteiger partial charge in [-0.05, 0) is 38.0 Å². The maximum Gasteiger partial charge on any atom is 0.178 e. The van der Waals surface area contributed by atoms with Gasteiger partial charge in [0.15, 0.2) is 5.78 Å². The molecule has 0 radical (unpaired) electrons. The number of thiophene rings is 1. The monoisotopic (exact) mass is 306 g/mol. The van der Waals surface area contributed by atoms with Crippen molar-refractivity contribution in [2.75, 3.05) is 30.8 Å². The summed E-state index contributed by atoms with van der Waals surface area (Å²) in [7, 11) is 1.78. The van der Waals surface area contributed by atoms with Gasteiger partial charge in [-0.3, -0.25) is 4.79 Å². The van der Waals surface area contributed by atoms with E-state index in [1.807, 2.05) is 0 Å². The number of carbonyl (C=O) groups is 1. The molecule has 3 fully saturated rings. The Morgan fingerprint density at radius 3 is 2.62 bits per heavy atom. The maximum atomic E-state index is 12.5. The molecule has 0 bridgehead atoms. The van der Waals surface area contributed by atoms with Crippen LogP contribution in [0.25, 0.3) is 0 Å². The number of nitrogens with zero attached hydrogens (tertiary/aromatic N) is 1. The summed E-state index contributed by atoms with van der Waals surface area (Å²) < 4.78 is 5.48. The zero-order valence-electron chi connectivity index (χ0n) is 12.4. The first-order valence-electron chi connectivity index (χ1n) is 7.93. The second-order valence-electron chi connectivity index (χ2n) is 6.57. The van der Waals surface area contributed by atoms with E-state index in [1.165, 1.54) is 23.4 Å². The lowest BCUT2D eigenvalue weighted by molar-refractivity contribution is 0.0972. The van der Waals surface area contributed by atoms with Crippen LogP contribution in [0.5, 0.6) is 0 Å². The number of ether oxygens (including phenoxy) is 1. The summed E-state index contributed by atoms with van der Waals surface area (Å²) >= 11 is 1.64. The summed E-state index contributed by atoms with van der Waals surface area (Å²) in [5, 5.41) is 1.25. The molecule has 3 aliphatic rings. The lowest BCUT2D eigenvalue weighted by Crippen LogP contribution is -2.22. The lowest BCUT2D eigenvalue weighted by atomic mass is 10.1. The summed E-state index contributed by atoms with van der Waals surface area (Å²) in [6.07, 6.45) is 5.88. The van der Waals surface area contributed by atoms with E-state index in [1.54, 1.807) is 18.4 Å². The van der Waals surface area contributed by atoms with Crippen LogP contribution >= 0.6 is 11.3 Å². The van der Waals surface area contributed by atoms with Crippen molar-refractivity contribution in [2.45, 2.75) is 44.1 Å². The molecule has 2 aliphatic carbocycles. The van der Waals surface area contributed by atoms with Crippen molar-refractivity contribution in [3.63, 3.8) is 0 Å². The topological polar surface area (TPSA) is 55.6 Å². The number of Topliss-reactive ketones (excluding diaryl/α,β-unsaturated/α-hetero) is 1. The molecule has 1 atom stereocenters. The fraction of sp³-hybridized carbons (Fsp3) is 0.688. The van der Waals surface area contributed by atoms with Crippen molar-refractivity contribution in [1.29, 1.82) is 0 Å². The molecule has 21 heavy (non-hydrogen) atoms. The van der Waals surface area contributed by atoms with Crippen LogP contribution in [0.2, 0.25) is 0 Å². The van der Waals surface area contributed by atoms with Crippen LogP contribution in [0.4, 0.5) is 10.7 Å². The highest BCUT2D eigenvalue weighted by molar-refractivity contribution is 7.19. The molecular weight excluding hydrogens is 284 g/mol. The number of carbonyl (C=O) groups excluding carboxylic acids is 1. The molecule has 0 spiro atoms. The molecule has 2 N–H and O–H groups in total. The minimum absolute atomic E-state index is 0.246. The van der Waals surface area contributed by atoms with Crippen molar-refractivity contribution >= 4 is 27.8 Å². The Morgan fingerprint density at radius 1 is 1.29 bits per heavy atom. The Balaban J connectivity index is 1.68. The second kappa shape index (κ2) is 4.99. The van der Waals surface area contributed by atoms with E-state index in [4.69, 9.17) is 10.5 Å². The van der Waals surface area contributed by atoms with Gasteiger partial charge in [-0.2, -0.15) is 0 Å². The van der Waals surface area contributed by atoms with E-state index in [9.17, 15) is 4.79 Å². The summed E-state index contributed by atoms with van der Waals surface area (Å²) in [6, 6.07) is 0. The van der Waals surface area contributed by atoms with E-state index in [2.05, 4.69) is 4.90 Å². The lowest BCUT2D eigenvalue weighted by Gasteiger charge is -2.18. The SMILES string of the molecule is COC1CCN(c2sc(C(=O)C3CC3)c(N)c2C2CC2)C1. The average molecular weight is 306 g/mol. The number of nitrogens with two attached hydrogens (primary N) is 1. The van der Waals surface area contributed by atoms with E-state index in [0.29, 0.717) is 12.0 Å².